The number of fused-ring (bicyclic) bond motifs is 1. The van der Waals surface area contributed by atoms with Gasteiger partial charge in [-0.15, -0.1) is 0 Å². The molecular weight excluding hydrogens is 344 g/mol. The molecule has 0 fully saturated rings. The Hall–Kier alpha value is -3.41. The Labute approximate surface area is 156 Å². The summed E-state index contributed by atoms with van der Waals surface area (Å²) in [5.41, 5.74) is 0.975. The van der Waals surface area contributed by atoms with Crippen LogP contribution in [0.3, 0.4) is 0 Å². The number of non-ortho nitro benzene ring substituents is 1. The van der Waals surface area contributed by atoms with Crippen LogP contribution in [-0.4, -0.2) is 15.9 Å². The molecule has 6 nitrogen and oxygen atoms in total. The number of carbonyl (C=O) groups is 1. The molecule has 1 atom stereocenters. The lowest BCUT2D eigenvalue weighted by Crippen LogP contribution is -2.32. The number of carbonyl (C=O) groups excluding carboxylic acids is 1. The normalized spacial score (nSPS) is 12.1. The quantitative estimate of drug-likeness (QED) is 0.521. The van der Waals surface area contributed by atoms with Gasteiger partial charge in [-0.1, -0.05) is 56.3 Å². The maximum absolute atomic E-state index is 12.4. The molecule has 3 aromatic rings. The van der Waals surface area contributed by atoms with E-state index in [-0.39, 0.29) is 23.3 Å². The summed E-state index contributed by atoms with van der Waals surface area (Å²) in [5.74, 6) is -0.462. The molecule has 0 unspecified atom stereocenters. The van der Waals surface area contributed by atoms with Crippen molar-refractivity contribution in [2.75, 3.05) is 0 Å². The molecule has 27 heavy (non-hydrogen) atoms. The minimum atomic E-state index is -0.717. The predicted octanol–water partition coefficient (Wildman–Crippen LogP) is 4.32. The number of nitrogens with zero attached hydrogens (tertiary/aromatic N) is 1. The fraction of sp³-hybridized carbons (Fsp3) is 0.190. The highest BCUT2D eigenvalue weighted by Crippen LogP contribution is 2.36. The van der Waals surface area contributed by atoms with Crippen LogP contribution in [0.25, 0.3) is 10.8 Å². The van der Waals surface area contributed by atoms with E-state index in [1.165, 1.54) is 12.1 Å². The van der Waals surface area contributed by atoms with Crippen LogP contribution < -0.4 is 5.32 Å². The summed E-state index contributed by atoms with van der Waals surface area (Å²) >= 11 is 0. The molecule has 3 aromatic carbocycles. The molecule has 138 valence electrons. The van der Waals surface area contributed by atoms with Crippen LogP contribution in [0.1, 0.15) is 31.0 Å². The Morgan fingerprint density at radius 2 is 1.81 bits per heavy atom. The van der Waals surface area contributed by atoms with Gasteiger partial charge in [0.05, 0.1) is 11.0 Å². The van der Waals surface area contributed by atoms with Crippen molar-refractivity contribution in [1.82, 2.24) is 5.32 Å². The van der Waals surface area contributed by atoms with E-state index in [4.69, 9.17) is 0 Å². The fourth-order valence-electron chi connectivity index (χ4n) is 3.04. The number of aromatic hydroxyl groups is 1. The third kappa shape index (κ3) is 3.74. The molecule has 6 heteroatoms. The van der Waals surface area contributed by atoms with Crippen molar-refractivity contribution < 1.29 is 14.8 Å². The second kappa shape index (κ2) is 7.45. The molecule has 0 aliphatic carbocycles. The summed E-state index contributed by atoms with van der Waals surface area (Å²) in [5, 5.41) is 26.4. The summed E-state index contributed by atoms with van der Waals surface area (Å²) < 4.78 is 0. The molecule has 1 amide bonds. The average molecular weight is 364 g/mol. The van der Waals surface area contributed by atoms with E-state index < -0.39 is 11.0 Å². The van der Waals surface area contributed by atoms with Crippen molar-refractivity contribution >= 4 is 22.4 Å². The number of phenols is 1. The van der Waals surface area contributed by atoms with E-state index in [1.54, 1.807) is 38.1 Å². The van der Waals surface area contributed by atoms with Gasteiger partial charge in [0.2, 0.25) is 5.91 Å². The number of nitrogens with one attached hydrogen (secondary N) is 1. The molecule has 0 bridgehead atoms. The lowest BCUT2D eigenvalue weighted by Gasteiger charge is -2.23. The molecule has 0 aromatic heterocycles. The Morgan fingerprint density at radius 1 is 1.07 bits per heavy atom. The van der Waals surface area contributed by atoms with Crippen LogP contribution in [-0.2, 0) is 4.79 Å². The average Bonchev–Trinajstić information content (AvgIpc) is 2.66. The Kier molecular flexibility index (Phi) is 5.07. The number of rotatable bonds is 5. The van der Waals surface area contributed by atoms with Crippen LogP contribution in [0.5, 0.6) is 5.75 Å². The van der Waals surface area contributed by atoms with Crippen molar-refractivity contribution in [2.24, 2.45) is 5.92 Å². The van der Waals surface area contributed by atoms with Crippen LogP contribution in [0.4, 0.5) is 5.69 Å². The van der Waals surface area contributed by atoms with Gasteiger partial charge in [-0.05, 0) is 22.4 Å². The van der Waals surface area contributed by atoms with E-state index in [1.807, 2.05) is 24.3 Å². The second-order valence-corrected chi connectivity index (χ2v) is 6.67. The van der Waals surface area contributed by atoms with Crippen LogP contribution in [0, 0.1) is 16.0 Å². The molecule has 0 aliphatic rings. The number of benzene rings is 3. The van der Waals surface area contributed by atoms with Crippen molar-refractivity contribution in [2.45, 2.75) is 19.9 Å². The Balaban J connectivity index is 2.22. The minimum Gasteiger partial charge on any atom is -0.508 e. The standard InChI is InChI=1S/C21H20N2O4/c1-13(2)21(25)22-20(15-7-5-8-16(12-15)23(26)27)19-17-9-4-3-6-14(17)10-11-18(19)24/h3-13,20,24H,1-2H3,(H,22,25)/t20-/m0/s1. The zero-order chi connectivity index (χ0) is 19.6. The maximum Gasteiger partial charge on any atom is 0.269 e. The van der Waals surface area contributed by atoms with Gasteiger partial charge in [-0.3, -0.25) is 14.9 Å². The lowest BCUT2D eigenvalue weighted by atomic mass is 9.92. The highest BCUT2D eigenvalue weighted by molar-refractivity contribution is 5.89. The highest BCUT2D eigenvalue weighted by Gasteiger charge is 2.24. The summed E-state index contributed by atoms with van der Waals surface area (Å²) in [6, 6.07) is 16.3. The van der Waals surface area contributed by atoms with Crippen molar-refractivity contribution in [1.29, 1.82) is 0 Å². The third-order valence-corrected chi connectivity index (χ3v) is 4.46. The van der Waals surface area contributed by atoms with Gasteiger partial charge in [0.1, 0.15) is 5.75 Å². The lowest BCUT2D eigenvalue weighted by molar-refractivity contribution is -0.384. The molecule has 0 saturated carbocycles. The number of amides is 1. The van der Waals surface area contributed by atoms with Gasteiger partial charge >= 0.3 is 0 Å². The van der Waals surface area contributed by atoms with Crippen molar-refractivity contribution in [3.63, 3.8) is 0 Å². The summed E-state index contributed by atoms with van der Waals surface area (Å²) in [6.45, 7) is 3.53. The fourth-order valence-corrected chi connectivity index (χ4v) is 3.04. The predicted molar refractivity (Wildman–Crippen MR) is 104 cm³/mol. The topological polar surface area (TPSA) is 92.5 Å². The van der Waals surface area contributed by atoms with E-state index in [2.05, 4.69) is 5.32 Å². The molecule has 0 radical (unpaired) electrons. The number of phenolic OH excluding ortho intramolecular Hbond substituents is 1. The first-order valence-corrected chi connectivity index (χ1v) is 8.64. The molecule has 0 heterocycles. The Bertz CT molecular complexity index is 1010. The van der Waals surface area contributed by atoms with Gasteiger partial charge in [0.15, 0.2) is 0 Å². The number of hydrogen-bond donors (Lipinski definition) is 2. The van der Waals surface area contributed by atoms with Gasteiger partial charge in [-0.25, -0.2) is 0 Å². The number of nitro groups is 1. The first-order valence-electron chi connectivity index (χ1n) is 8.64. The smallest absolute Gasteiger partial charge is 0.269 e. The van der Waals surface area contributed by atoms with Gasteiger partial charge < -0.3 is 10.4 Å². The van der Waals surface area contributed by atoms with Crippen LogP contribution in [0.15, 0.2) is 60.7 Å². The van der Waals surface area contributed by atoms with Gasteiger partial charge in [0, 0.05) is 23.6 Å². The molecule has 3 rings (SSSR count). The first kappa shape index (κ1) is 18.4. The minimum absolute atomic E-state index is 0.0225. The molecule has 2 N–H and O–H groups in total. The highest BCUT2D eigenvalue weighted by atomic mass is 16.6. The van der Waals surface area contributed by atoms with Crippen LogP contribution in [0.2, 0.25) is 0 Å². The summed E-state index contributed by atoms with van der Waals surface area (Å²) in [4.78, 5) is 23.2. The zero-order valence-electron chi connectivity index (χ0n) is 15.0. The van der Waals surface area contributed by atoms with Crippen LogP contribution >= 0.6 is 0 Å². The number of hydrogen-bond acceptors (Lipinski definition) is 4. The zero-order valence-corrected chi connectivity index (χ0v) is 15.0. The Morgan fingerprint density at radius 3 is 2.52 bits per heavy atom. The van der Waals surface area contributed by atoms with Gasteiger partial charge in [-0.2, -0.15) is 0 Å². The van der Waals surface area contributed by atoms with E-state index in [9.17, 15) is 20.0 Å². The second-order valence-electron chi connectivity index (χ2n) is 6.67. The first-order chi connectivity index (χ1) is 12.9. The van der Waals surface area contributed by atoms with E-state index >= 15 is 0 Å². The van der Waals surface area contributed by atoms with Crippen molar-refractivity contribution in [3.8, 4) is 5.75 Å². The SMILES string of the molecule is CC(C)C(=O)N[C@@H](c1cccc([N+](=O)[O-])c1)c1c(O)ccc2ccccc12. The molecule has 0 aliphatic heterocycles. The monoisotopic (exact) mass is 364 g/mol. The van der Waals surface area contributed by atoms with E-state index in [0.717, 1.165) is 10.8 Å². The maximum atomic E-state index is 12.4. The molecular formula is C21H20N2O4. The van der Waals surface area contributed by atoms with E-state index in [0.29, 0.717) is 11.1 Å². The largest absolute Gasteiger partial charge is 0.508 e. The summed E-state index contributed by atoms with van der Waals surface area (Å²) in [6.07, 6.45) is 0. The van der Waals surface area contributed by atoms with Crippen molar-refractivity contribution in [3.05, 3.63) is 81.9 Å². The molecule has 0 saturated heterocycles. The van der Waals surface area contributed by atoms with Gasteiger partial charge in [0.25, 0.3) is 5.69 Å². The number of nitro benzene ring substituents is 1. The summed E-state index contributed by atoms with van der Waals surface area (Å²) in [7, 11) is 0. The third-order valence-electron chi connectivity index (χ3n) is 4.46. The molecule has 0 spiro atoms.